The lowest BCUT2D eigenvalue weighted by Gasteiger charge is -1.99. The third kappa shape index (κ3) is 2.53. The van der Waals surface area contributed by atoms with Crippen LogP contribution in [0, 0.1) is 5.92 Å². The van der Waals surface area contributed by atoms with Crippen molar-refractivity contribution in [3.8, 4) is 0 Å². The largest absolute Gasteiger partial charge is 0.335 e. The molecule has 12 heavy (non-hydrogen) atoms. The molecule has 2 saturated carbocycles. The number of nitrogens with one attached hydrogen (secondary N) is 2. The van der Waals surface area contributed by atoms with Gasteiger partial charge in [0.1, 0.15) is 0 Å². The molecular weight excluding hydrogens is 154 g/mol. The van der Waals surface area contributed by atoms with Crippen LogP contribution in [0.25, 0.3) is 0 Å². The van der Waals surface area contributed by atoms with Crippen molar-refractivity contribution in [3.63, 3.8) is 0 Å². The van der Waals surface area contributed by atoms with Crippen LogP contribution in [0.15, 0.2) is 5.10 Å². The molecule has 0 heterocycles. The Morgan fingerprint density at radius 1 is 1.33 bits per heavy atom. The van der Waals surface area contributed by atoms with Crippen molar-refractivity contribution in [3.05, 3.63) is 0 Å². The highest BCUT2D eigenvalue weighted by Crippen LogP contribution is 2.26. The first-order valence-electron chi connectivity index (χ1n) is 4.44. The van der Waals surface area contributed by atoms with Crippen LogP contribution in [0.1, 0.15) is 25.7 Å². The number of carbonyl (C=O) groups excluding carboxylic acids is 1. The van der Waals surface area contributed by atoms with Crippen LogP contribution in [0.2, 0.25) is 0 Å². The van der Waals surface area contributed by atoms with Gasteiger partial charge in [-0.05, 0) is 31.6 Å². The van der Waals surface area contributed by atoms with Gasteiger partial charge in [0.2, 0.25) is 0 Å². The normalized spacial score (nSPS) is 22.7. The van der Waals surface area contributed by atoms with E-state index in [9.17, 15) is 4.79 Å². The molecule has 0 unspecified atom stereocenters. The van der Waals surface area contributed by atoms with Gasteiger partial charge >= 0.3 is 6.03 Å². The Labute approximate surface area is 71.4 Å². The first kappa shape index (κ1) is 7.58. The number of hydrazone groups is 1. The summed E-state index contributed by atoms with van der Waals surface area (Å²) in [4.78, 5) is 11.0. The Bertz CT molecular complexity index is 206. The maximum absolute atomic E-state index is 11.0. The summed E-state index contributed by atoms with van der Waals surface area (Å²) in [6.07, 6.45) is 6.47. The van der Waals surface area contributed by atoms with Crippen LogP contribution in [-0.2, 0) is 0 Å². The van der Waals surface area contributed by atoms with Crippen LogP contribution in [0.5, 0.6) is 0 Å². The zero-order valence-electron chi connectivity index (χ0n) is 6.92. The highest BCUT2D eigenvalue weighted by molar-refractivity contribution is 5.76. The first-order chi connectivity index (χ1) is 5.84. The molecule has 2 aliphatic rings. The molecule has 4 heteroatoms. The van der Waals surface area contributed by atoms with Crippen molar-refractivity contribution in [2.24, 2.45) is 11.0 Å². The number of hydrogen-bond acceptors (Lipinski definition) is 2. The summed E-state index contributed by atoms with van der Waals surface area (Å²) in [7, 11) is 0. The second-order valence-corrected chi connectivity index (χ2v) is 3.48. The summed E-state index contributed by atoms with van der Waals surface area (Å²) in [6.45, 7) is 0. The maximum atomic E-state index is 11.0. The average molecular weight is 167 g/mol. The van der Waals surface area contributed by atoms with Gasteiger partial charge in [0, 0.05) is 12.3 Å². The maximum Gasteiger partial charge on any atom is 0.335 e. The lowest BCUT2D eigenvalue weighted by atomic mass is 10.5. The molecule has 0 spiro atoms. The Morgan fingerprint density at radius 3 is 2.67 bits per heavy atom. The number of hydrogen-bond donors (Lipinski definition) is 2. The van der Waals surface area contributed by atoms with Crippen molar-refractivity contribution >= 4 is 12.2 Å². The molecular formula is C8H13N3O. The standard InChI is InChI=1S/C8H13N3O/c12-8(10-7-3-4-7)11-9-5-6-1-2-6/h5-7H,1-4H2,(H2,10,11,12)/b9-5+. The van der Waals surface area contributed by atoms with Crippen molar-refractivity contribution in [2.45, 2.75) is 31.7 Å². The summed E-state index contributed by atoms with van der Waals surface area (Å²) in [5, 5.41) is 6.61. The molecule has 0 radical (unpaired) electrons. The fourth-order valence-electron chi connectivity index (χ4n) is 0.892. The summed E-state index contributed by atoms with van der Waals surface area (Å²) in [5.74, 6) is 0.617. The van der Waals surface area contributed by atoms with Crippen LogP contribution < -0.4 is 10.7 Å². The van der Waals surface area contributed by atoms with Crippen molar-refractivity contribution in [2.75, 3.05) is 0 Å². The predicted molar refractivity (Wildman–Crippen MR) is 45.9 cm³/mol. The molecule has 0 aromatic heterocycles. The molecule has 0 aromatic carbocycles. The molecule has 0 saturated heterocycles. The second kappa shape index (κ2) is 3.13. The van der Waals surface area contributed by atoms with E-state index >= 15 is 0 Å². The second-order valence-electron chi connectivity index (χ2n) is 3.48. The lowest BCUT2D eigenvalue weighted by molar-refractivity contribution is 0.241. The molecule has 2 N–H and O–H groups in total. The number of rotatable bonds is 3. The Morgan fingerprint density at radius 2 is 2.08 bits per heavy atom. The SMILES string of the molecule is O=C(N/N=C/C1CC1)NC1CC1. The summed E-state index contributed by atoms with van der Waals surface area (Å²) < 4.78 is 0. The Balaban J connectivity index is 1.60. The highest BCUT2D eigenvalue weighted by Gasteiger charge is 2.23. The number of amides is 2. The monoisotopic (exact) mass is 167 g/mol. The molecule has 0 atom stereocenters. The number of carbonyl (C=O) groups is 1. The van der Waals surface area contributed by atoms with Gasteiger partial charge in [0.15, 0.2) is 0 Å². The topological polar surface area (TPSA) is 53.5 Å². The van der Waals surface area contributed by atoms with E-state index in [2.05, 4.69) is 15.8 Å². The zero-order chi connectivity index (χ0) is 8.39. The van der Waals surface area contributed by atoms with E-state index in [0.717, 1.165) is 12.8 Å². The third-order valence-corrected chi connectivity index (χ3v) is 1.99. The van der Waals surface area contributed by atoms with E-state index in [0.29, 0.717) is 12.0 Å². The third-order valence-electron chi connectivity index (χ3n) is 1.99. The number of urea groups is 1. The van der Waals surface area contributed by atoms with Gasteiger partial charge in [-0.1, -0.05) is 0 Å². The molecule has 2 aliphatic carbocycles. The van der Waals surface area contributed by atoms with Gasteiger partial charge in [0.05, 0.1) is 0 Å². The molecule has 0 bridgehead atoms. The van der Waals surface area contributed by atoms with Crippen LogP contribution >= 0.6 is 0 Å². The van der Waals surface area contributed by atoms with Gasteiger partial charge in [-0.2, -0.15) is 5.10 Å². The fraction of sp³-hybridized carbons (Fsp3) is 0.750. The first-order valence-corrected chi connectivity index (χ1v) is 4.44. The fourth-order valence-corrected chi connectivity index (χ4v) is 0.892. The van der Waals surface area contributed by atoms with Crippen molar-refractivity contribution in [1.82, 2.24) is 10.7 Å². The van der Waals surface area contributed by atoms with Gasteiger partial charge in [-0.3, -0.25) is 0 Å². The highest BCUT2D eigenvalue weighted by atomic mass is 16.2. The van der Waals surface area contributed by atoms with E-state index in [4.69, 9.17) is 0 Å². The minimum Gasteiger partial charge on any atom is -0.334 e. The summed E-state index contributed by atoms with van der Waals surface area (Å²) in [5.41, 5.74) is 2.44. The van der Waals surface area contributed by atoms with Gasteiger partial charge in [-0.15, -0.1) is 0 Å². The summed E-state index contributed by atoms with van der Waals surface area (Å²) in [6, 6.07) is 0.232. The average Bonchev–Trinajstić information content (AvgIpc) is 2.77. The smallest absolute Gasteiger partial charge is 0.334 e. The van der Waals surface area contributed by atoms with Crippen LogP contribution in [0.3, 0.4) is 0 Å². The molecule has 0 aromatic rings. The molecule has 2 fully saturated rings. The van der Waals surface area contributed by atoms with Crippen molar-refractivity contribution in [1.29, 1.82) is 0 Å². The molecule has 2 rings (SSSR count). The van der Waals surface area contributed by atoms with Crippen LogP contribution in [-0.4, -0.2) is 18.3 Å². The van der Waals surface area contributed by atoms with E-state index in [-0.39, 0.29) is 6.03 Å². The van der Waals surface area contributed by atoms with E-state index in [1.165, 1.54) is 12.8 Å². The van der Waals surface area contributed by atoms with Crippen LogP contribution in [0.4, 0.5) is 4.79 Å². The van der Waals surface area contributed by atoms with Gasteiger partial charge in [-0.25, -0.2) is 10.2 Å². The number of nitrogens with zero attached hydrogens (tertiary/aromatic N) is 1. The minimum atomic E-state index is -0.172. The van der Waals surface area contributed by atoms with E-state index in [1.807, 2.05) is 6.21 Å². The Hall–Kier alpha value is -1.06. The molecule has 2 amide bonds. The summed E-state index contributed by atoms with van der Waals surface area (Å²) >= 11 is 0. The molecule has 66 valence electrons. The van der Waals surface area contributed by atoms with Crippen molar-refractivity contribution < 1.29 is 4.79 Å². The Kier molecular flexibility index (Phi) is 1.98. The predicted octanol–water partition coefficient (Wildman–Crippen LogP) is 0.844. The quantitative estimate of drug-likeness (QED) is 0.475. The lowest BCUT2D eigenvalue weighted by Crippen LogP contribution is -2.33. The van der Waals surface area contributed by atoms with Gasteiger partial charge < -0.3 is 5.32 Å². The zero-order valence-corrected chi connectivity index (χ0v) is 6.92. The van der Waals surface area contributed by atoms with E-state index in [1.54, 1.807) is 0 Å². The minimum absolute atomic E-state index is 0.172. The molecule has 0 aliphatic heterocycles. The van der Waals surface area contributed by atoms with Gasteiger partial charge in [0.25, 0.3) is 0 Å². The molecule has 4 nitrogen and oxygen atoms in total. The van der Waals surface area contributed by atoms with E-state index < -0.39 is 0 Å².